The van der Waals surface area contributed by atoms with E-state index >= 15 is 0 Å². The maximum absolute atomic E-state index is 14.0. The molecule has 3 heterocycles. The van der Waals surface area contributed by atoms with E-state index in [9.17, 15) is 23.9 Å². The number of ether oxygens (including phenoxy) is 3. The number of carbonyl (C=O) groups is 3. The maximum Gasteiger partial charge on any atom is 0.436 e. The number of rotatable bonds is 10. The smallest absolute Gasteiger partial charge is 0.436 e. The van der Waals surface area contributed by atoms with Crippen molar-refractivity contribution in [1.82, 2.24) is 5.32 Å². The molecule has 11 heteroatoms. The van der Waals surface area contributed by atoms with E-state index < -0.39 is 29.4 Å². The van der Waals surface area contributed by atoms with Gasteiger partial charge in [-0.2, -0.15) is 0 Å². The van der Waals surface area contributed by atoms with Crippen LogP contribution in [0.1, 0.15) is 31.9 Å². The molecule has 0 saturated heterocycles. The number of esters is 1. The number of nitrogens with zero attached hydrogens (tertiary/aromatic N) is 2. The van der Waals surface area contributed by atoms with Gasteiger partial charge in [0.2, 0.25) is 17.9 Å². The number of amides is 2. The fraction of sp³-hybridized carbons (Fsp3) is 0.281. The first-order chi connectivity index (χ1) is 20.6. The van der Waals surface area contributed by atoms with Gasteiger partial charge >= 0.3 is 11.9 Å². The molecule has 1 atom stereocenters. The number of benzene rings is 2. The summed E-state index contributed by atoms with van der Waals surface area (Å²) in [6, 6.07) is 15.1. The third kappa shape index (κ3) is 6.17. The molecule has 2 aromatic rings. The molecule has 1 unspecified atom stereocenters. The van der Waals surface area contributed by atoms with Gasteiger partial charge in [-0.1, -0.05) is 42.5 Å². The summed E-state index contributed by atoms with van der Waals surface area (Å²) < 4.78 is 32.3. The molecule has 0 bridgehead atoms. The molecule has 222 valence electrons. The first-order valence-electron chi connectivity index (χ1n) is 13.7. The molecular weight excluding hydrogens is 557 g/mol. The standard InChI is InChI=1S/C32H30FN3O7/c1-4-41-31(40)24-28(42-17-20-8-6-5-7-9-20)25-26-27(21(15-34-25)14-19-10-12-22(33)13-11-19)43-23(16-36(26)30(24)39)29(38)35-32(2,3)18-37/h5-13,15-16,27,37H,4,14,17-18H2,1-3H3/p+1. The Labute approximate surface area is 247 Å². The Balaban J connectivity index is 1.63. The lowest BCUT2D eigenvalue weighted by atomic mass is 9.89. The Morgan fingerprint density at radius 3 is 2.51 bits per heavy atom. The lowest BCUT2D eigenvalue weighted by Gasteiger charge is -2.31. The normalized spacial score (nSPS) is 17.7. The minimum Gasteiger partial charge on any atom is -0.485 e. The average molecular weight is 589 g/mol. The number of aliphatic imine (C=N–C) groups is 1. The monoisotopic (exact) mass is 588 g/mol. The van der Waals surface area contributed by atoms with E-state index in [2.05, 4.69) is 10.3 Å². The lowest BCUT2D eigenvalue weighted by Crippen LogP contribution is -2.53. The number of halogens is 1. The molecule has 3 aliphatic rings. The molecule has 10 nitrogen and oxygen atoms in total. The summed E-state index contributed by atoms with van der Waals surface area (Å²) in [6.07, 6.45) is 2.01. The molecular formula is C32H31FN3O7+. The highest BCUT2D eigenvalue weighted by molar-refractivity contribution is 6.52. The molecule has 5 rings (SSSR count). The third-order valence-corrected chi connectivity index (χ3v) is 6.91. The van der Waals surface area contributed by atoms with Crippen LogP contribution in [-0.4, -0.2) is 63.7 Å². The van der Waals surface area contributed by atoms with Crippen LogP contribution in [0.3, 0.4) is 0 Å². The van der Waals surface area contributed by atoms with Gasteiger partial charge in [0.05, 0.1) is 18.8 Å². The van der Waals surface area contributed by atoms with Gasteiger partial charge in [-0.25, -0.2) is 19.0 Å². The van der Waals surface area contributed by atoms with Gasteiger partial charge < -0.3 is 24.6 Å². The molecule has 0 spiro atoms. The van der Waals surface area contributed by atoms with Gasteiger partial charge in [-0.3, -0.25) is 4.79 Å². The molecule has 3 aliphatic heterocycles. The number of hydrogen-bond acceptors (Lipinski definition) is 8. The quantitative estimate of drug-likeness (QED) is 0.248. The minimum absolute atomic E-state index is 0.0117. The number of aliphatic hydroxyl groups is 1. The van der Waals surface area contributed by atoms with Gasteiger partial charge in [0.25, 0.3) is 17.4 Å². The van der Waals surface area contributed by atoms with E-state index in [1.165, 1.54) is 24.5 Å². The molecule has 0 saturated carbocycles. The van der Waals surface area contributed by atoms with E-state index in [1.807, 2.05) is 30.3 Å². The van der Waals surface area contributed by atoms with Crippen molar-refractivity contribution in [2.45, 2.75) is 45.4 Å². The van der Waals surface area contributed by atoms with Crippen LogP contribution in [0.15, 0.2) is 94.7 Å². The number of aliphatic hydroxyl groups excluding tert-OH is 1. The van der Waals surface area contributed by atoms with E-state index in [4.69, 9.17) is 14.2 Å². The summed E-state index contributed by atoms with van der Waals surface area (Å²) in [6.45, 7) is 4.57. The van der Waals surface area contributed by atoms with Gasteiger partial charge in [0.1, 0.15) is 12.4 Å². The van der Waals surface area contributed by atoms with Crippen molar-refractivity contribution < 1.29 is 42.7 Å². The van der Waals surface area contributed by atoms with Gasteiger partial charge in [-0.05, 0) is 50.5 Å². The highest BCUT2D eigenvalue weighted by atomic mass is 19.1. The van der Waals surface area contributed by atoms with E-state index in [-0.39, 0.29) is 60.6 Å². The van der Waals surface area contributed by atoms with Crippen molar-refractivity contribution >= 4 is 29.2 Å². The molecule has 2 aromatic carbocycles. The van der Waals surface area contributed by atoms with Crippen molar-refractivity contribution in [2.75, 3.05) is 13.2 Å². The Morgan fingerprint density at radius 2 is 1.84 bits per heavy atom. The van der Waals surface area contributed by atoms with E-state index in [0.717, 1.165) is 15.7 Å². The molecule has 43 heavy (non-hydrogen) atoms. The SMILES string of the molecule is CCOC(=O)C1=C(OCc2ccccc2)C2=NC=C(Cc3ccc(F)cc3)C3OC(C(=O)NC(C)(C)CO)=C[N+](=C23)C1=O. The number of carbonyl (C=O) groups excluding carboxylic acids is 3. The second kappa shape index (κ2) is 12.1. The van der Waals surface area contributed by atoms with Gasteiger partial charge in [0.15, 0.2) is 11.5 Å². The summed E-state index contributed by atoms with van der Waals surface area (Å²) >= 11 is 0. The third-order valence-electron chi connectivity index (χ3n) is 6.91. The second-order valence-electron chi connectivity index (χ2n) is 10.7. The van der Waals surface area contributed by atoms with Crippen LogP contribution in [0.2, 0.25) is 0 Å². The van der Waals surface area contributed by atoms with E-state index in [0.29, 0.717) is 5.57 Å². The summed E-state index contributed by atoms with van der Waals surface area (Å²) in [4.78, 5) is 45.1. The van der Waals surface area contributed by atoms with Crippen molar-refractivity contribution in [3.63, 3.8) is 0 Å². The molecule has 2 amide bonds. The predicted molar refractivity (Wildman–Crippen MR) is 153 cm³/mol. The van der Waals surface area contributed by atoms with Crippen LogP contribution in [0.25, 0.3) is 0 Å². The summed E-state index contributed by atoms with van der Waals surface area (Å²) in [5.41, 5.74) is 1.19. The maximum atomic E-state index is 14.0. The Kier molecular flexibility index (Phi) is 8.36. The zero-order chi connectivity index (χ0) is 30.7. The predicted octanol–water partition coefficient (Wildman–Crippen LogP) is 2.86. The van der Waals surface area contributed by atoms with E-state index in [1.54, 1.807) is 32.9 Å². The topological polar surface area (TPSA) is 127 Å². The Morgan fingerprint density at radius 1 is 1.12 bits per heavy atom. The fourth-order valence-corrected chi connectivity index (χ4v) is 4.73. The molecule has 0 aromatic heterocycles. The van der Waals surface area contributed by atoms with Crippen molar-refractivity contribution in [1.29, 1.82) is 0 Å². The zero-order valence-electron chi connectivity index (χ0n) is 23.9. The first kappa shape index (κ1) is 29.6. The van der Waals surface area contributed by atoms with Gasteiger partial charge in [0, 0.05) is 11.8 Å². The summed E-state index contributed by atoms with van der Waals surface area (Å²) in [7, 11) is 0. The Bertz CT molecular complexity index is 1620. The number of hydrogen-bond donors (Lipinski definition) is 2. The second-order valence-corrected chi connectivity index (χ2v) is 10.7. The highest BCUT2D eigenvalue weighted by Crippen LogP contribution is 2.32. The van der Waals surface area contributed by atoms with Crippen molar-refractivity contribution in [3.05, 3.63) is 107 Å². The first-order valence-corrected chi connectivity index (χ1v) is 13.7. The summed E-state index contributed by atoms with van der Waals surface area (Å²) in [5.74, 6) is -3.03. The van der Waals surface area contributed by atoms with Crippen LogP contribution < -0.4 is 5.32 Å². The van der Waals surface area contributed by atoms with Crippen LogP contribution in [0, 0.1) is 5.82 Å². The van der Waals surface area contributed by atoms with Crippen LogP contribution in [0.5, 0.6) is 0 Å². The largest absolute Gasteiger partial charge is 0.485 e. The van der Waals surface area contributed by atoms with Crippen LogP contribution in [0.4, 0.5) is 4.39 Å². The lowest BCUT2D eigenvalue weighted by molar-refractivity contribution is -0.385. The zero-order valence-corrected chi connectivity index (χ0v) is 23.9. The Hall–Kier alpha value is -4.90. The van der Waals surface area contributed by atoms with Crippen molar-refractivity contribution in [2.24, 2.45) is 4.99 Å². The molecule has 0 radical (unpaired) electrons. The van der Waals surface area contributed by atoms with Crippen LogP contribution in [-0.2, 0) is 41.6 Å². The number of nitrogens with one attached hydrogen (secondary N) is 1. The molecule has 0 aliphatic carbocycles. The minimum atomic E-state index is -0.989. The number of allylic oxidation sites excluding steroid dienone is 1. The van der Waals surface area contributed by atoms with Gasteiger partial charge in [-0.15, -0.1) is 4.58 Å². The van der Waals surface area contributed by atoms with Crippen molar-refractivity contribution in [3.8, 4) is 0 Å². The average Bonchev–Trinajstić information content (AvgIpc) is 3.00. The fourth-order valence-electron chi connectivity index (χ4n) is 4.73. The summed E-state index contributed by atoms with van der Waals surface area (Å²) in [5, 5.41) is 12.4. The molecule has 0 fully saturated rings. The van der Waals surface area contributed by atoms with Crippen LogP contribution >= 0.6 is 0 Å². The molecule has 2 N–H and O–H groups in total. The highest BCUT2D eigenvalue weighted by Gasteiger charge is 2.53.